The highest BCUT2D eigenvalue weighted by Crippen LogP contribution is 2.34. The number of fused-ring (bicyclic) bond motifs is 1. The van der Waals surface area contributed by atoms with Crippen LogP contribution in [-0.4, -0.2) is 31.4 Å². The molecule has 3 heterocycles. The first-order chi connectivity index (χ1) is 11.2. The molecule has 2 aromatic heterocycles. The molecule has 2 aromatic rings. The lowest BCUT2D eigenvalue weighted by molar-refractivity contribution is 0.0242. The summed E-state index contributed by atoms with van der Waals surface area (Å²) in [6.07, 6.45) is 3.48. The van der Waals surface area contributed by atoms with Crippen molar-refractivity contribution in [3.8, 4) is 11.3 Å². The third kappa shape index (κ3) is 3.00. The van der Waals surface area contributed by atoms with E-state index in [0.717, 1.165) is 28.1 Å². The highest BCUT2D eigenvalue weighted by Gasteiger charge is 2.31. The maximum atomic E-state index is 12.4. The first-order valence-electron chi connectivity index (χ1n) is 8.11. The minimum absolute atomic E-state index is 0.284. The van der Waals surface area contributed by atoms with Gasteiger partial charge in [-0.2, -0.15) is 5.10 Å². The van der Waals surface area contributed by atoms with E-state index in [0.29, 0.717) is 13.1 Å². The van der Waals surface area contributed by atoms with E-state index in [1.54, 1.807) is 9.58 Å². The monoisotopic (exact) mass is 328 g/mol. The van der Waals surface area contributed by atoms with Crippen molar-refractivity contribution < 1.29 is 9.53 Å². The Bertz CT molecular complexity index is 802. The number of ether oxygens (including phenoxy) is 1. The van der Waals surface area contributed by atoms with E-state index in [2.05, 4.69) is 12.0 Å². The van der Waals surface area contributed by atoms with Crippen LogP contribution in [0.25, 0.3) is 11.3 Å². The summed E-state index contributed by atoms with van der Waals surface area (Å²) in [7, 11) is 1.89. The molecular formula is C18H24N4O2. The molecule has 128 valence electrons. The van der Waals surface area contributed by atoms with Crippen LogP contribution in [0.1, 0.15) is 43.2 Å². The van der Waals surface area contributed by atoms with Gasteiger partial charge in [0.1, 0.15) is 5.60 Å². The lowest BCUT2D eigenvalue weighted by Gasteiger charge is -2.24. The molecule has 0 unspecified atom stereocenters. The third-order valence-electron chi connectivity index (χ3n) is 4.25. The molecule has 1 aliphatic heterocycles. The number of carbonyl (C=O) groups excluding carboxylic acids is 1. The lowest BCUT2D eigenvalue weighted by atomic mass is 10.00. The topological polar surface area (TPSA) is 60.2 Å². The molecule has 3 rings (SSSR count). The van der Waals surface area contributed by atoms with Crippen molar-refractivity contribution in [1.82, 2.24) is 19.7 Å². The zero-order chi connectivity index (χ0) is 17.6. The number of carbonyl (C=O) groups is 1. The van der Waals surface area contributed by atoms with E-state index in [1.165, 1.54) is 5.56 Å². The maximum Gasteiger partial charge on any atom is 0.410 e. The molecule has 0 saturated heterocycles. The van der Waals surface area contributed by atoms with Crippen LogP contribution in [0.2, 0.25) is 0 Å². The molecule has 24 heavy (non-hydrogen) atoms. The van der Waals surface area contributed by atoms with E-state index in [1.807, 2.05) is 47.1 Å². The van der Waals surface area contributed by atoms with Gasteiger partial charge in [0.2, 0.25) is 0 Å². The minimum atomic E-state index is -0.499. The maximum absolute atomic E-state index is 12.4. The molecule has 1 aliphatic rings. The van der Waals surface area contributed by atoms with E-state index in [9.17, 15) is 4.79 Å². The van der Waals surface area contributed by atoms with Gasteiger partial charge in [-0.25, -0.2) is 4.79 Å². The Labute approximate surface area is 142 Å². The van der Waals surface area contributed by atoms with Gasteiger partial charge in [0, 0.05) is 30.1 Å². The van der Waals surface area contributed by atoms with Gasteiger partial charge in [0.05, 0.1) is 25.0 Å². The number of nitrogens with zero attached hydrogens (tertiary/aromatic N) is 4. The van der Waals surface area contributed by atoms with Crippen molar-refractivity contribution in [3.05, 3.63) is 34.8 Å². The SMILES string of the molecule is Cc1nc(-c2cnn(C)c2)c2c(c1C)CN(C(=O)OC(C)(C)C)C2. The number of rotatable bonds is 1. The van der Waals surface area contributed by atoms with Gasteiger partial charge in [-0.1, -0.05) is 0 Å². The number of aromatic nitrogens is 3. The van der Waals surface area contributed by atoms with Crippen molar-refractivity contribution >= 4 is 6.09 Å². The molecule has 0 atom stereocenters. The Morgan fingerprint density at radius 2 is 1.88 bits per heavy atom. The molecule has 0 radical (unpaired) electrons. The second kappa shape index (κ2) is 5.61. The summed E-state index contributed by atoms with van der Waals surface area (Å²) in [5.74, 6) is 0. The summed E-state index contributed by atoms with van der Waals surface area (Å²) < 4.78 is 7.29. The van der Waals surface area contributed by atoms with Crippen LogP contribution < -0.4 is 0 Å². The molecule has 0 aliphatic carbocycles. The van der Waals surface area contributed by atoms with Crippen molar-refractivity contribution in [3.63, 3.8) is 0 Å². The molecule has 0 N–H and O–H groups in total. The molecule has 1 amide bonds. The Balaban J connectivity index is 1.98. The molecule has 0 aromatic carbocycles. The lowest BCUT2D eigenvalue weighted by Crippen LogP contribution is -2.33. The normalized spacial score (nSPS) is 14.0. The molecule has 6 nitrogen and oxygen atoms in total. The summed E-state index contributed by atoms with van der Waals surface area (Å²) in [5, 5.41) is 4.24. The number of pyridine rings is 1. The van der Waals surface area contributed by atoms with E-state index in [-0.39, 0.29) is 6.09 Å². The molecule has 0 fully saturated rings. The van der Waals surface area contributed by atoms with E-state index in [4.69, 9.17) is 9.72 Å². The number of hydrogen-bond donors (Lipinski definition) is 0. The van der Waals surface area contributed by atoms with Crippen LogP contribution in [0.4, 0.5) is 4.79 Å². The average Bonchev–Trinajstić information content (AvgIpc) is 3.07. The molecule has 0 saturated carbocycles. The van der Waals surface area contributed by atoms with Gasteiger partial charge >= 0.3 is 6.09 Å². The molecular weight excluding hydrogens is 304 g/mol. The van der Waals surface area contributed by atoms with Crippen LogP contribution in [0.15, 0.2) is 12.4 Å². The van der Waals surface area contributed by atoms with Gasteiger partial charge in [0.25, 0.3) is 0 Å². The third-order valence-corrected chi connectivity index (χ3v) is 4.25. The molecule has 6 heteroatoms. The number of hydrogen-bond acceptors (Lipinski definition) is 4. The van der Waals surface area contributed by atoms with Crippen molar-refractivity contribution in [2.45, 2.75) is 53.3 Å². The molecule has 0 spiro atoms. The Hall–Kier alpha value is -2.37. The predicted molar refractivity (Wildman–Crippen MR) is 91.4 cm³/mol. The van der Waals surface area contributed by atoms with Crippen molar-refractivity contribution in [2.75, 3.05) is 0 Å². The molecule has 0 bridgehead atoms. The second-order valence-corrected chi connectivity index (χ2v) is 7.37. The van der Waals surface area contributed by atoms with Crippen LogP contribution >= 0.6 is 0 Å². The fourth-order valence-corrected chi connectivity index (χ4v) is 2.97. The summed E-state index contributed by atoms with van der Waals surface area (Å²) in [6, 6.07) is 0. The minimum Gasteiger partial charge on any atom is -0.444 e. The van der Waals surface area contributed by atoms with Crippen LogP contribution in [-0.2, 0) is 24.9 Å². The Morgan fingerprint density at radius 1 is 1.21 bits per heavy atom. The number of amides is 1. The standard InChI is InChI=1S/C18H24N4O2/c1-11-12(2)20-16(13-7-19-21(6)8-13)15-10-22(9-14(11)15)17(23)24-18(3,4)5/h7-8H,9-10H2,1-6H3. The Kier molecular flexibility index (Phi) is 3.86. The highest BCUT2D eigenvalue weighted by molar-refractivity contribution is 5.72. The first kappa shape index (κ1) is 16.5. The van der Waals surface area contributed by atoms with Crippen molar-refractivity contribution in [2.24, 2.45) is 7.05 Å². The van der Waals surface area contributed by atoms with Gasteiger partial charge in [-0.15, -0.1) is 0 Å². The largest absolute Gasteiger partial charge is 0.444 e. The fraction of sp³-hybridized carbons (Fsp3) is 0.500. The van der Waals surface area contributed by atoms with Gasteiger partial charge in [0.15, 0.2) is 0 Å². The first-order valence-corrected chi connectivity index (χ1v) is 8.11. The van der Waals surface area contributed by atoms with Gasteiger partial charge in [-0.3, -0.25) is 14.6 Å². The van der Waals surface area contributed by atoms with E-state index >= 15 is 0 Å². The number of aryl methyl sites for hydroxylation is 2. The van der Waals surface area contributed by atoms with Gasteiger partial charge in [-0.05, 0) is 45.7 Å². The van der Waals surface area contributed by atoms with Crippen LogP contribution in [0.5, 0.6) is 0 Å². The predicted octanol–water partition coefficient (Wildman–Crippen LogP) is 3.35. The summed E-state index contributed by atoms with van der Waals surface area (Å²) in [4.78, 5) is 18.9. The summed E-state index contributed by atoms with van der Waals surface area (Å²) in [6.45, 7) is 10.8. The van der Waals surface area contributed by atoms with Gasteiger partial charge < -0.3 is 4.74 Å². The fourth-order valence-electron chi connectivity index (χ4n) is 2.97. The smallest absolute Gasteiger partial charge is 0.410 e. The van der Waals surface area contributed by atoms with Crippen molar-refractivity contribution in [1.29, 1.82) is 0 Å². The Morgan fingerprint density at radius 3 is 2.46 bits per heavy atom. The van der Waals surface area contributed by atoms with E-state index < -0.39 is 5.60 Å². The van der Waals surface area contributed by atoms with Crippen LogP contribution in [0, 0.1) is 13.8 Å². The summed E-state index contributed by atoms with van der Waals surface area (Å²) in [5.41, 5.74) is 5.78. The zero-order valence-corrected chi connectivity index (χ0v) is 15.2. The second-order valence-electron chi connectivity index (χ2n) is 7.37. The average molecular weight is 328 g/mol. The quantitative estimate of drug-likeness (QED) is 0.805. The summed E-state index contributed by atoms with van der Waals surface area (Å²) >= 11 is 0. The van der Waals surface area contributed by atoms with Crippen LogP contribution in [0.3, 0.4) is 0 Å². The zero-order valence-electron chi connectivity index (χ0n) is 15.2. The highest BCUT2D eigenvalue weighted by atomic mass is 16.6.